The van der Waals surface area contributed by atoms with E-state index in [-0.39, 0.29) is 10.8 Å². The molecule has 1 aliphatic rings. The van der Waals surface area contributed by atoms with Crippen molar-refractivity contribution < 1.29 is 13.2 Å². The third kappa shape index (κ3) is 2.63. The molecule has 0 heterocycles. The lowest BCUT2D eigenvalue weighted by molar-refractivity contribution is -0.137. The van der Waals surface area contributed by atoms with Crippen LogP contribution in [-0.2, 0) is 12.6 Å². The fourth-order valence-corrected chi connectivity index (χ4v) is 5.02. The Morgan fingerprint density at radius 3 is 1.85 bits per heavy atom. The highest BCUT2D eigenvalue weighted by atomic mass is 79.9. The van der Waals surface area contributed by atoms with Crippen LogP contribution in [0.4, 0.5) is 13.2 Å². The highest BCUT2D eigenvalue weighted by Gasteiger charge is 2.66. The lowest BCUT2D eigenvalue weighted by Gasteiger charge is -2.13. The van der Waals surface area contributed by atoms with Gasteiger partial charge in [-0.1, -0.05) is 55.8 Å². The SMILES string of the molecule is CC1(C)C(C(Br)Cc2ccc(C(F)(F)F)cc2)C1(C)C. The van der Waals surface area contributed by atoms with Gasteiger partial charge in [-0.05, 0) is 40.9 Å². The van der Waals surface area contributed by atoms with Crippen LogP contribution in [0.2, 0.25) is 0 Å². The van der Waals surface area contributed by atoms with Gasteiger partial charge in [0.25, 0.3) is 0 Å². The monoisotopic (exact) mass is 348 g/mol. The van der Waals surface area contributed by atoms with Crippen LogP contribution in [0.25, 0.3) is 0 Å². The summed E-state index contributed by atoms with van der Waals surface area (Å²) in [7, 11) is 0. The highest BCUT2D eigenvalue weighted by molar-refractivity contribution is 9.09. The normalized spacial score (nSPS) is 22.6. The van der Waals surface area contributed by atoms with Gasteiger partial charge in [0.2, 0.25) is 0 Å². The molecule has 4 heteroatoms. The van der Waals surface area contributed by atoms with E-state index in [0.717, 1.165) is 24.1 Å². The minimum Gasteiger partial charge on any atom is -0.166 e. The average Bonchev–Trinajstić information content (AvgIpc) is 2.68. The summed E-state index contributed by atoms with van der Waals surface area (Å²) in [4.78, 5) is 0.296. The first-order valence-corrected chi connectivity index (χ1v) is 7.69. The van der Waals surface area contributed by atoms with E-state index in [1.807, 2.05) is 0 Å². The molecule has 0 saturated heterocycles. The Balaban J connectivity index is 2.05. The van der Waals surface area contributed by atoms with Crippen molar-refractivity contribution in [3.05, 3.63) is 35.4 Å². The summed E-state index contributed by atoms with van der Waals surface area (Å²) in [6.07, 6.45) is -3.50. The molecule has 0 aromatic heterocycles. The summed E-state index contributed by atoms with van der Waals surface area (Å²) in [5.41, 5.74) is 0.901. The molecule has 1 aromatic carbocycles. The van der Waals surface area contributed by atoms with Crippen molar-refractivity contribution in [2.24, 2.45) is 16.7 Å². The largest absolute Gasteiger partial charge is 0.416 e. The van der Waals surface area contributed by atoms with Crippen molar-refractivity contribution in [2.45, 2.75) is 45.1 Å². The summed E-state index contributed by atoms with van der Waals surface area (Å²) in [6.45, 7) is 8.99. The maximum Gasteiger partial charge on any atom is 0.416 e. The van der Waals surface area contributed by atoms with Gasteiger partial charge in [0, 0.05) is 4.83 Å². The predicted octanol–water partition coefficient (Wildman–Crippen LogP) is 5.69. The van der Waals surface area contributed by atoms with Gasteiger partial charge in [-0.15, -0.1) is 0 Å². The van der Waals surface area contributed by atoms with E-state index in [2.05, 4.69) is 43.6 Å². The molecule has 0 bridgehead atoms. The Labute approximate surface area is 126 Å². The lowest BCUT2D eigenvalue weighted by atomic mass is 10.0. The lowest BCUT2D eigenvalue weighted by Crippen LogP contribution is -2.11. The molecule has 0 N–H and O–H groups in total. The van der Waals surface area contributed by atoms with E-state index in [4.69, 9.17) is 0 Å². The van der Waals surface area contributed by atoms with E-state index >= 15 is 0 Å². The van der Waals surface area contributed by atoms with Gasteiger partial charge >= 0.3 is 6.18 Å². The first-order chi connectivity index (χ1) is 8.98. The summed E-state index contributed by atoms with van der Waals surface area (Å²) in [6, 6.07) is 5.50. The molecule has 2 rings (SSSR count). The Bertz CT molecular complexity index is 471. The molecule has 0 nitrogen and oxygen atoms in total. The number of benzene rings is 1. The molecule has 0 aliphatic heterocycles. The van der Waals surface area contributed by atoms with Crippen LogP contribution in [-0.4, -0.2) is 4.83 Å². The van der Waals surface area contributed by atoms with E-state index in [1.54, 1.807) is 12.1 Å². The maximum atomic E-state index is 12.5. The van der Waals surface area contributed by atoms with Gasteiger partial charge in [-0.2, -0.15) is 13.2 Å². The fraction of sp³-hybridized carbons (Fsp3) is 0.625. The van der Waals surface area contributed by atoms with Crippen LogP contribution in [0.15, 0.2) is 24.3 Å². The van der Waals surface area contributed by atoms with E-state index in [0.29, 0.717) is 10.7 Å². The third-order valence-electron chi connectivity index (χ3n) is 5.21. The number of hydrogen-bond acceptors (Lipinski definition) is 0. The standard InChI is InChI=1S/C16H20BrF3/c1-14(2)13(15(14,3)4)12(17)9-10-5-7-11(8-6-10)16(18,19)20/h5-8,12-13H,9H2,1-4H3. The number of rotatable bonds is 3. The summed E-state index contributed by atoms with van der Waals surface area (Å²) < 4.78 is 37.5. The van der Waals surface area contributed by atoms with Crippen molar-refractivity contribution in [2.75, 3.05) is 0 Å². The molecule has 0 radical (unpaired) electrons. The summed E-state index contributed by atoms with van der Waals surface area (Å²) >= 11 is 3.73. The average molecular weight is 349 g/mol. The quantitative estimate of drug-likeness (QED) is 0.615. The van der Waals surface area contributed by atoms with Crippen molar-refractivity contribution >= 4 is 15.9 Å². The molecule has 1 atom stereocenters. The molecule has 1 unspecified atom stereocenters. The van der Waals surface area contributed by atoms with Crippen molar-refractivity contribution in [1.29, 1.82) is 0 Å². The minimum atomic E-state index is -4.26. The van der Waals surface area contributed by atoms with Crippen LogP contribution in [0, 0.1) is 16.7 Å². The predicted molar refractivity (Wildman–Crippen MR) is 78.9 cm³/mol. The highest BCUT2D eigenvalue weighted by Crippen LogP contribution is 2.71. The zero-order valence-corrected chi connectivity index (χ0v) is 13.8. The molecule has 20 heavy (non-hydrogen) atoms. The van der Waals surface area contributed by atoms with E-state index in [1.165, 1.54) is 0 Å². The Hall–Kier alpha value is -0.510. The Morgan fingerprint density at radius 1 is 1.05 bits per heavy atom. The molecule has 1 fully saturated rings. The zero-order valence-electron chi connectivity index (χ0n) is 12.2. The van der Waals surface area contributed by atoms with Gasteiger partial charge in [-0.25, -0.2) is 0 Å². The second-order valence-electron chi connectivity index (χ2n) is 6.84. The van der Waals surface area contributed by atoms with E-state index in [9.17, 15) is 13.2 Å². The second kappa shape index (κ2) is 4.75. The van der Waals surface area contributed by atoms with Gasteiger partial charge in [-0.3, -0.25) is 0 Å². The van der Waals surface area contributed by atoms with Crippen molar-refractivity contribution in [1.82, 2.24) is 0 Å². The minimum absolute atomic E-state index is 0.271. The third-order valence-corrected chi connectivity index (χ3v) is 6.06. The number of hydrogen-bond donors (Lipinski definition) is 0. The van der Waals surface area contributed by atoms with Gasteiger partial charge < -0.3 is 0 Å². The van der Waals surface area contributed by atoms with Crippen LogP contribution >= 0.6 is 15.9 Å². The van der Waals surface area contributed by atoms with Crippen molar-refractivity contribution in [3.63, 3.8) is 0 Å². The summed E-state index contributed by atoms with van der Waals surface area (Å²) in [5.74, 6) is 0.539. The molecular weight excluding hydrogens is 329 g/mol. The number of halogens is 4. The molecule has 0 amide bonds. The van der Waals surface area contributed by atoms with Crippen LogP contribution in [0.3, 0.4) is 0 Å². The second-order valence-corrected chi connectivity index (χ2v) is 8.01. The fourth-order valence-electron chi connectivity index (χ4n) is 3.32. The van der Waals surface area contributed by atoms with Gasteiger partial charge in [0.1, 0.15) is 0 Å². The summed E-state index contributed by atoms with van der Waals surface area (Å²) in [5, 5.41) is 0. The topological polar surface area (TPSA) is 0 Å². The molecule has 1 aliphatic carbocycles. The van der Waals surface area contributed by atoms with Crippen LogP contribution in [0.5, 0.6) is 0 Å². The zero-order chi connectivity index (χ0) is 15.3. The van der Waals surface area contributed by atoms with Crippen LogP contribution < -0.4 is 0 Å². The molecular formula is C16H20BrF3. The molecule has 112 valence electrons. The maximum absolute atomic E-state index is 12.5. The molecule has 0 spiro atoms. The number of alkyl halides is 4. The van der Waals surface area contributed by atoms with Crippen LogP contribution in [0.1, 0.15) is 38.8 Å². The Kier molecular flexibility index (Phi) is 3.77. The van der Waals surface area contributed by atoms with Gasteiger partial charge in [0.15, 0.2) is 0 Å². The Morgan fingerprint density at radius 2 is 1.50 bits per heavy atom. The molecule has 1 aromatic rings. The first kappa shape index (κ1) is 15.9. The van der Waals surface area contributed by atoms with Crippen molar-refractivity contribution in [3.8, 4) is 0 Å². The smallest absolute Gasteiger partial charge is 0.166 e. The van der Waals surface area contributed by atoms with E-state index < -0.39 is 11.7 Å². The van der Waals surface area contributed by atoms with Gasteiger partial charge in [0.05, 0.1) is 5.56 Å². The first-order valence-electron chi connectivity index (χ1n) is 6.78. The molecule has 1 saturated carbocycles.